The highest BCUT2D eigenvalue weighted by Gasteiger charge is 2.53. The summed E-state index contributed by atoms with van der Waals surface area (Å²) in [4.78, 5) is 27.6. The molecule has 35 heavy (non-hydrogen) atoms. The highest BCUT2D eigenvalue weighted by molar-refractivity contribution is 7.91. The summed E-state index contributed by atoms with van der Waals surface area (Å²) in [5.74, 6) is -1.77. The molecule has 1 amide bonds. The van der Waals surface area contributed by atoms with Crippen molar-refractivity contribution in [3.63, 3.8) is 0 Å². The normalized spacial score (nSPS) is 24.7. The lowest BCUT2D eigenvalue weighted by Gasteiger charge is -2.52. The van der Waals surface area contributed by atoms with Crippen LogP contribution in [-0.4, -0.2) is 47.8 Å². The number of sulfone groups is 1. The number of carboxylic acids is 1. The number of hydrogen-bond acceptors (Lipinski definition) is 4. The summed E-state index contributed by atoms with van der Waals surface area (Å²) in [6, 6.07) is 13.3. The molecular weight excluding hydrogens is 509 g/mol. The van der Waals surface area contributed by atoms with E-state index in [4.69, 9.17) is 23.2 Å². The predicted molar refractivity (Wildman–Crippen MR) is 139 cm³/mol. The number of carbonyl (C=O) groups is 2. The Morgan fingerprint density at radius 1 is 1.14 bits per heavy atom. The monoisotopic (exact) mass is 539 g/mol. The van der Waals surface area contributed by atoms with Gasteiger partial charge in [0.05, 0.1) is 23.1 Å². The van der Waals surface area contributed by atoms with Gasteiger partial charge in [0.15, 0.2) is 9.84 Å². The summed E-state index contributed by atoms with van der Waals surface area (Å²) < 4.78 is 25.3. The number of amides is 1. The topological polar surface area (TPSA) is 91.8 Å². The van der Waals surface area contributed by atoms with Gasteiger partial charge < -0.3 is 10.0 Å². The Kier molecular flexibility index (Phi) is 8.24. The van der Waals surface area contributed by atoms with E-state index in [1.165, 1.54) is 0 Å². The summed E-state index contributed by atoms with van der Waals surface area (Å²) in [6.07, 6.45) is 1.45. The fraction of sp³-hybridized carbons (Fsp3) is 0.462. The van der Waals surface area contributed by atoms with E-state index in [9.17, 15) is 23.1 Å². The van der Waals surface area contributed by atoms with Crippen molar-refractivity contribution in [1.82, 2.24) is 4.90 Å². The molecule has 190 valence electrons. The Hall–Kier alpha value is -2.09. The summed E-state index contributed by atoms with van der Waals surface area (Å²) in [5.41, 5.74) is 0.421. The molecule has 1 aliphatic heterocycles. The van der Waals surface area contributed by atoms with Gasteiger partial charge in [-0.2, -0.15) is 0 Å². The van der Waals surface area contributed by atoms with Gasteiger partial charge in [0.25, 0.3) is 0 Å². The summed E-state index contributed by atoms with van der Waals surface area (Å²) in [5, 5.41) is 9.89. The zero-order chi connectivity index (χ0) is 26.1. The van der Waals surface area contributed by atoms with Crippen LogP contribution in [0.1, 0.15) is 63.1 Å². The first-order valence-corrected chi connectivity index (χ1v) is 14.2. The van der Waals surface area contributed by atoms with Gasteiger partial charge in [-0.25, -0.2) is 8.42 Å². The SMILES string of the molecule is CCC([C@H](C)S(C)(=O)=O)N1C(=O)[C@@](C)(CC(=O)O)C[C@H](c2cccc(Cl)c2)[C@H]1c1ccc(Cl)cc1. The zero-order valence-electron chi connectivity index (χ0n) is 20.2. The molecule has 1 heterocycles. The first-order valence-electron chi connectivity index (χ1n) is 11.5. The largest absolute Gasteiger partial charge is 0.481 e. The number of hydrogen-bond donors (Lipinski definition) is 1. The molecular formula is C26H31Cl2NO5S. The third kappa shape index (κ3) is 5.84. The molecule has 1 saturated heterocycles. The second-order valence-electron chi connectivity index (χ2n) is 9.72. The molecule has 0 bridgehead atoms. The number of halogens is 2. The van der Waals surface area contributed by atoms with Gasteiger partial charge in [0, 0.05) is 28.3 Å². The maximum atomic E-state index is 14.1. The highest BCUT2D eigenvalue weighted by Crippen LogP contribution is 2.52. The van der Waals surface area contributed by atoms with E-state index in [1.807, 2.05) is 37.3 Å². The predicted octanol–water partition coefficient (Wildman–Crippen LogP) is 5.74. The molecule has 9 heteroatoms. The fourth-order valence-corrected chi connectivity index (χ4v) is 6.50. The fourth-order valence-electron chi connectivity index (χ4n) is 5.28. The van der Waals surface area contributed by atoms with Crippen LogP contribution in [-0.2, 0) is 19.4 Å². The molecule has 1 fully saturated rings. The molecule has 2 aromatic rings. The number of benzene rings is 2. The lowest BCUT2D eigenvalue weighted by atomic mass is 9.67. The van der Waals surface area contributed by atoms with E-state index in [-0.39, 0.29) is 24.7 Å². The van der Waals surface area contributed by atoms with Crippen molar-refractivity contribution in [2.75, 3.05) is 6.26 Å². The molecule has 2 aromatic carbocycles. The Balaban J connectivity index is 2.30. The lowest BCUT2D eigenvalue weighted by molar-refractivity contribution is -0.160. The zero-order valence-corrected chi connectivity index (χ0v) is 22.6. The van der Waals surface area contributed by atoms with Gasteiger partial charge in [-0.15, -0.1) is 0 Å². The van der Waals surface area contributed by atoms with Crippen LogP contribution in [0.2, 0.25) is 10.0 Å². The van der Waals surface area contributed by atoms with Crippen LogP contribution in [0.15, 0.2) is 48.5 Å². The van der Waals surface area contributed by atoms with Gasteiger partial charge >= 0.3 is 5.97 Å². The molecule has 1 N–H and O–H groups in total. The summed E-state index contributed by atoms with van der Waals surface area (Å²) >= 11 is 12.5. The van der Waals surface area contributed by atoms with E-state index in [1.54, 1.807) is 36.9 Å². The molecule has 0 saturated carbocycles. The molecule has 3 rings (SSSR count). The lowest BCUT2D eigenvalue weighted by Crippen LogP contribution is -2.59. The highest BCUT2D eigenvalue weighted by atomic mass is 35.5. The first kappa shape index (κ1) is 27.5. The van der Waals surface area contributed by atoms with Crippen molar-refractivity contribution in [1.29, 1.82) is 0 Å². The van der Waals surface area contributed by atoms with Gasteiger partial charge in [-0.3, -0.25) is 9.59 Å². The van der Waals surface area contributed by atoms with Crippen molar-refractivity contribution in [2.24, 2.45) is 5.41 Å². The van der Waals surface area contributed by atoms with Gasteiger partial charge in [-0.05, 0) is 55.2 Å². The number of aliphatic carboxylic acids is 1. The van der Waals surface area contributed by atoms with Crippen LogP contribution in [0.3, 0.4) is 0 Å². The Labute approximate surface area is 217 Å². The minimum atomic E-state index is -3.50. The number of rotatable bonds is 8. The van der Waals surface area contributed by atoms with E-state index in [0.717, 1.165) is 17.4 Å². The van der Waals surface area contributed by atoms with Crippen molar-refractivity contribution < 1.29 is 23.1 Å². The number of carbonyl (C=O) groups excluding carboxylic acids is 1. The number of piperidine rings is 1. The van der Waals surface area contributed by atoms with E-state index >= 15 is 0 Å². The van der Waals surface area contributed by atoms with Crippen LogP contribution in [0.25, 0.3) is 0 Å². The molecule has 5 atom stereocenters. The third-order valence-corrected chi connectivity index (χ3v) is 9.28. The summed E-state index contributed by atoms with van der Waals surface area (Å²) in [6.45, 7) is 5.10. The minimum Gasteiger partial charge on any atom is -0.481 e. The smallest absolute Gasteiger partial charge is 0.304 e. The molecule has 0 spiro atoms. The maximum Gasteiger partial charge on any atom is 0.304 e. The second-order valence-corrected chi connectivity index (χ2v) is 13.0. The first-order chi connectivity index (χ1) is 16.3. The minimum absolute atomic E-state index is 0.270. The van der Waals surface area contributed by atoms with Crippen LogP contribution in [0.4, 0.5) is 0 Å². The molecule has 0 aliphatic carbocycles. The number of carboxylic acid groups (broad SMARTS) is 1. The number of nitrogens with zero attached hydrogens (tertiary/aromatic N) is 1. The van der Waals surface area contributed by atoms with Crippen LogP contribution < -0.4 is 0 Å². The van der Waals surface area contributed by atoms with E-state index < -0.39 is 38.6 Å². The standard InChI is InChI=1S/C26H31Cl2NO5S/c1-5-22(16(2)35(4,33)34)29-24(17-9-11-19(27)12-10-17)21(18-7-6-8-20(28)13-18)14-26(3,25(29)32)15-23(30)31/h6-13,16,21-22,24H,5,14-15H2,1-4H3,(H,30,31)/t16-,21+,22?,24+,26+/m0/s1. The van der Waals surface area contributed by atoms with Gasteiger partial charge in [-0.1, -0.05) is 61.3 Å². The van der Waals surface area contributed by atoms with E-state index in [0.29, 0.717) is 16.5 Å². The van der Waals surface area contributed by atoms with Crippen LogP contribution in [0.5, 0.6) is 0 Å². The molecule has 0 radical (unpaired) electrons. The third-order valence-electron chi connectivity index (χ3n) is 7.12. The van der Waals surface area contributed by atoms with Crippen LogP contribution >= 0.6 is 23.2 Å². The van der Waals surface area contributed by atoms with Gasteiger partial charge in [0.2, 0.25) is 5.91 Å². The average Bonchev–Trinajstić information content (AvgIpc) is 2.76. The molecule has 0 aromatic heterocycles. The van der Waals surface area contributed by atoms with Crippen molar-refractivity contribution in [3.05, 3.63) is 69.7 Å². The maximum absolute atomic E-state index is 14.1. The van der Waals surface area contributed by atoms with Gasteiger partial charge in [0.1, 0.15) is 0 Å². The Bertz CT molecular complexity index is 1200. The molecule has 6 nitrogen and oxygen atoms in total. The van der Waals surface area contributed by atoms with Crippen LogP contribution in [0, 0.1) is 5.41 Å². The second kappa shape index (κ2) is 10.5. The quantitative estimate of drug-likeness (QED) is 0.461. The summed E-state index contributed by atoms with van der Waals surface area (Å²) in [7, 11) is -3.50. The molecule has 1 aliphatic rings. The van der Waals surface area contributed by atoms with Crippen molar-refractivity contribution in [2.45, 2.75) is 63.3 Å². The van der Waals surface area contributed by atoms with Crippen molar-refractivity contribution >= 4 is 44.9 Å². The average molecular weight is 541 g/mol. The van der Waals surface area contributed by atoms with E-state index in [2.05, 4.69) is 0 Å². The Morgan fingerprint density at radius 2 is 1.77 bits per heavy atom. The Morgan fingerprint density at radius 3 is 2.29 bits per heavy atom. The number of likely N-dealkylation sites (tertiary alicyclic amines) is 1. The van der Waals surface area contributed by atoms with Crippen molar-refractivity contribution in [3.8, 4) is 0 Å². The molecule has 1 unspecified atom stereocenters.